The quantitative estimate of drug-likeness (QED) is 0.538. The second kappa shape index (κ2) is 5.74. The zero-order chi connectivity index (χ0) is 13.8. The van der Waals surface area contributed by atoms with Crippen LogP contribution in [0.5, 0.6) is 0 Å². The SMILES string of the molecule is C/C(=C/O[Si](C)(C)C(C)(C)C)Cc1ccccc1. The molecule has 0 aromatic heterocycles. The standard InChI is InChI=1S/C16H26OSi/c1-14(12-15-10-8-7-9-11-15)13-17-18(5,6)16(2,3)4/h7-11,13H,12H2,1-6H3/b14-13-. The van der Waals surface area contributed by atoms with E-state index in [1.165, 1.54) is 11.1 Å². The largest absolute Gasteiger partial charge is 0.549 e. The molecule has 0 spiro atoms. The zero-order valence-electron chi connectivity index (χ0n) is 12.6. The highest BCUT2D eigenvalue weighted by molar-refractivity contribution is 6.74. The van der Waals surface area contributed by atoms with Gasteiger partial charge in [0.05, 0.1) is 6.26 Å². The normalized spacial score (nSPS) is 13.6. The summed E-state index contributed by atoms with van der Waals surface area (Å²) >= 11 is 0. The van der Waals surface area contributed by atoms with Gasteiger partial charge in [0.1, 0.15) is 0 Å². The van der Waals surface area contributed by atoms with E-state index in [1.807, 2.05) is 6.26 Å². The van der Waals surface area contributed by atoms with Crippen LogP contribution < -0.4 is 0 Å². The summed E-state index contributed by atoms with van der Waals surface area (Å²) in [6.45, 7) is 13.5. The molecule has 0 aliphatic heterocycles. The van der Waals surface area contributed by atoms with Crippen molar-refractivity contribution in [3.8, 4) is 0 Å². The lowest BCUT2D eigenvalue weighted by Gasteiger charge is -2.35. The summed E-state index contributed by atoms with van der Waals surface area (Å²) in [6, 6.07) is 10.5. The molecule has 0 heterocycles. The van der Waals surface area contributed by atoms with Crippen LogP contribution in [0.1, 0.15) is 33.3 Å². The van der Waals surface area contributed by atoms with Crippen LogP contribution in [0.3, 0.4) is 0 Å². The fraction of sp³-hybridized carbons (Fsp3) is 0.500. The van der Waals surface area contributed by atoms with Crippen LogP contribution in [0.2, 0.25) is 18.1 Å². The van der Waals surface area contributed by atoms with Gasteiger partial charge in [0.15, 0.2) is 0 Å². The van der Waals surface area contributed by atoms with Gasteiger partial charge in [-0.05, 0) is 42.6 Å². The molecule has 0 N–H and O–H groups in total. The van der Waals surface area contributed by atoms with Gasteiger partial charge in [0.25, 0.3) is 0 Å². The maximum absolute atomic E-state index is 6.10. The molecular formula is C16H26OSi. The van der Waals surface area contributed by atoms with Gasteiger partial charge in [0, 0.05) is 0 Å². The number of hydrogen-bond donors (Lipinski definition) is 0. The summed E-state index contributed by atoms with van der Waals surface area (Å²) < 4.78 is 6.10. The number of benzene rings is 1. The van der Waals surface area contributed by atoms with Gasteiger partial charge in [0.2, 0.25) is 8.32 Å². The number of hydrogen-bond acceptors (Lipinski definition) is 1. The van der Waals surface area contributed by atoms with Crippen molar-refractivity contribution in [1.82, 2.24) is 0 Å². The predicted octanol–water partition coefficient (Wildman–Crippen LogP) is 5.15. The Morgan fingerprint density at radius 3 is 2.22 bits per heavy atom. The van der Waals surface area contributed by atoms with Crippen molar-refractivity contribution >= 4 is 8.32 Å². The lowest BCUT2D eigenvalue weighted by atomic mass is 10.1. The third kappa shape index (κ3) is 4.34. The topological polar surface area (TPSA) is 9.23 Å². The van der Waals surface area contributed by atoms with Crippen molar-refractivity contribution in [1.29, 1.82) is 0 Å². The molecule has 0 saturated heterocycles. The maximum atomic E-state index is 6.10. The molecule has 2 heteroatoms. The minimum Gasteiger partial charge on any atom is -0.549 e. The summed E-state index contributed by atoms with van der Waals surface area (Å²) in [5, 5.41) is 0.260. The molecule has 0 radical (unpaired) electrons. The third-order valence-corrected chi connectivity index (χ3v) is 8.01. The number of rotatable bonds is 4. The Morgan fingerprint density at radius 2 is 1.72 bits per heavy atom. The molecule has 1 aromatic rings. The van der Waals surface area contributed by atoms with Gasteiger partial charge in [-0.25, -0.2) is 0 Å². The van der Waals surface area contributed by atoms with Gasteiger partial charge in [-0.1, -0.05) is 51.1 Å². The van der Waals surface area contributed by atoms with E-state index in [0.717, 1.165) is 6.42 Å². The molecule has 0 unspecified atom stereocenters. The first kappa shape index (κ1) is 15.0. The first-order valence-corrected chi connectivity index (χ1v) is 9.50. The smallest absolute Gasteiger partial charge is 0.249 e. The highest BCUT2D eigenvalue weighted by Gasteiger charge is 2.37. The lowest BCUT2D eigenvalue weighted by Crippen LogP contribution is -2.39. The van der Waals surface area contributed by atoms with E-state index in [4.69, 9.17) is 4.43 Å². The van der Waals surface area contributed by atoms with Gasteiger partial charge in [-0.2, -0.15) is 0 Å². The molecule has 0 amide bonds. The fourth-order valence-corrected chi connectivity index (χ4v) is 2.23. The fourth-order valence-electron chi connectivity index (χ4n) is 1.38. The van der Waals surface area contributed by atoms with E-state index < -0.39 is 8.32 Å². The zero-order valence-corrected chi connectivity index (χ0v) is 13.6. The molecule has 0 aliphatic carbocycles. The molecule has 0 atom stereocenters. The monoisotopic (exact) mass is 262 g/mol. The molecule has 0 saturated carbocycles. The van der Waals surface area contributed by atoms with E-state index in [-0.39, 0.29) is 5.04 Å². The van der Waals surface area contributed by atoms with Crippen LogP contribution in [0.4, 0.5) is 0 Å². The molecule has 0 fully saturated rings. The Balaban J connectivity index is 2.63. The Bertz CT molecular complexity index is 399. The molecule has 1 nitrogen and oxygen atoms in total. The summed E-state index contributed by atoms with van der Waals surface area (Å²) in [7, 11) is -1.66. The maximum Gasteiger partial charge on any atom is 0.249 e. The Labute approximate surface area is 113 Å². The second-order valence-corrected chi connectivity index (χ2v) is 11.3. The highest BCUT2D eigenvalue weighted by Crippen LogP contribution is 2.36. The van der Waals surface area contributed by atoms with E-state index in [2.05, 4.69) is 71.1 Å². The van der Waals surface area contributed by atoms with Crippen molar-refractivity contribution < 1.29 is 4.43 Å². The third-order valence-electron chi connectivity index (χ3n) is 3.69. The molecule has 18 heavy (non-hydrogen) atoms. The van der Waals surface area contributed by atoms with Crippen LogP contribution in [0, 0.1) is 0 Å². The van der Waals surface area contributed by atoms with Gasteiger partial charge in [-0.3, -0.25) is 0 Å². The van der Waals surface area contributed by atoms with Crippen molar-refractivity contribution in [2.24, 2.45) is 0 Å². The second-order valence-electron chi connectivity index (χ2n) is 6.50. The Morgan fingerprint density at radius 1 is 1.17 bits per heavy atom. The molecule has 1 rings (SSSR count). The van der Waals surface area contributed by atoms with Gasteiger partial charge >= 0.3 is 0 Å². The molecule has 0 aliphatic rings. The molecular weight excluding hydrogens is 236 g/mol. The lowest BCUT2D eigenvalue weighted by molar-refractivity contribution is 0.425. The van der Waals surface area contributed by atoms with Crippen LogP contribution >= 0.6 is 0 Å². The predicted molar refractivity (Wildman–Crippen MR) is 82.2 cm³/mol. The van der Waals surface area contributed by atoms with Crippen molar-refractivity contribution in [2.75, 3.05) is 0 Å². The number of allylic oxidation sites excluding steroid dienone is 1. The molecule has 0 bridgehead atoms. The highest BCUT2D eigenvalue weighted by atomic mass is 28.4. The summed E-state index contributed by atoms with van der Waals surface area (Å²) in [5.41, 5.74) is 2.62. The molecule has 100 valence electrons. The van der Waals surface area contributed by atoms with Crippen molar-refractivity contribution in [2.45, 2.75) is 52.2 Å². The average molecular weight is 262 g/mol. The minimum atomic E-state index is -1.66. The summed E-state index contributed by atoms with van der Waals surface area (Å²) in [5.74, 6) is 0. The van der Waals surface area contributed by atoms with Crippen LogP contribution in [0.15, 0.2) is 42.2 Å². The Hall–Kier alpha value is -1.02. The minimum absolute atomic E-state index is 0.260. The van der Waals surface area contributed by atoms with E-state index >= 15 is 0 Å². The van der Waals surface area contributed by atoms with Crippen LogP contribution in [0.25, 0.3) is 0 Å². The van der Waals surface area contributed by atoms with E-state index in [0.29, 0.717) is 0 Å². The van der Waals surface area contributed by atoms with Gasteiger partial charge in [-0.15, -0.1) is 0 Å². The van der Waals surface area contributed by atoms with Crippen LogP contribution in [-0.2, 0) is 10.8 Å². The van der Waals surface area contributed by atoms with E-state index in [9.17, 15) is 0 Å². The first-order valence-electron chi connectivity index (χ1n) is 6.60. The average Bonchev–Trinajstić information content (AvgIpc) is 2.26. The summed E-state index contributed by atoms with van der Waals surface area (Å²) in [4.78, 5) is 0. The first-order chi connectivity index (χ1) is 8.22. The van der Waals surface area contributed by atoms with Crippen molar-refractivity contribution in [3.63, 3.8) is 0 Å². The van der Waals surface area contributed by atoms with Gasteiger partial charge < -0.3 is 4.43 Å². The summed E-state index contributed by atoms with van der Waals surface area (Å²) in [6.07, 6.45) is 2.94. The van der Waals surface area contributed by atoms with Crippen molar-refractivity contribution in [3.05, 3.63) is 47.7 Å². The van der Waals surface area contributed by atoms with Crippen LogP contribution in [-0.4, -0.2) is 8.32 Å². The molecule has 1 aromatic carbocycles. The Kier molecular flexibility index (Phi) is 4.80. The van der Waals surface area contributed by atoms with E-state index in [1.54, 1.807) is 0 Å².